The quantitative estimate of drug-likeness (QED) is 0.690. The maximum Gasteiger partial charge on any atom is 0.573 e. The molecule has 0 saturated carbocycles. The number of hydrogen-bond acceptors (Lipinski definition) is 5. The highest BCUT2D eigenvalue weighted by Crippen LogP contribution is 2.32. The van der Waals surface area contributed by atoms with E-state index in [1.54, 1.807) is 0 Å². The van der Waals surface area contributed by atoms with E-state index in [2.05, 4.69) is 4.74 Å². The van der Waals surface area contributed by atoms with Crippen molar-refractivity contribution in [2.24, 2.45) is 5.73 Å². The molecule has 21 heavy (non-hydrogen) atoms. The summed E-state index contributed by atoms with van der Waals surface area (Å²) in [4.78, 5) is 10.6. The second-order valence-electron chi connectivity index (χ2n) is 4.03. The summed E-state index contributed by atoms with van der Waals surface area (Å²) < 4.78 is 39.9. The van der Waals surface area contributed by atoms with Gasteiger partial charge in [-0.2, -0.15) is 0 Å². The van der Waals surface area contributed by atoms with E-state index in [-0.39, 0.29) is 10.8 Å². The summed E-state index contributed by atoms with van der Waals surface area (Å²) in [7, 11) is 0. The average molecular weight is 318 g/mol. The van der Waals surface area contributed by atoms with Gasteiger partial charge in [0.1, 0.15) is 5.75 Å². The smallest absolute Gasteiger partial charge is 0.406 e. The molecule has 112 valence electrons. The first-order valence-electron chi connectivity index (χ1n) is 5.61. The van der Waals surface area contributed by atoms with Gasteiger partial charge in [0.15, 0.2) is 0 Å². The van der Waals surface area contributed by atoms with Crippen LogP contribution in [0.2, 0.25) is 0 Å². The highest BCUT2D eigenvalue weighted by Gasteiger charge is 2.31. The van der Waals surface area contributed by atoms with Crippen LogP contribution in [0.3, 0.4) is 0 Å². The zero-order valence-corrected chi connectivity index (χ0v) is 11.1. The molecule has 1 aromatic heterocycles. The van der Waals surface area contributed by atoms with Crippen molar-refractivity contribution in [2.45, 2.75) is 12.4 Å². The van der Waals surface area contributed by atoms with Crippen molar-refractivity contribution in [3.63, 3.8) is 0 Å². The molecule has 0 spiro atoms. The van der Waals surface area contributed by atoms with Crippen LogP contribution in [0.15, 0.2) is 36.4 Å². The van der Waals surface area contributed by atoms with Crippen molar-refractivity contribution in [3.8, 4) is 5.75 Å². The number of nitrogens with two attached hydrogens (primary N) is 1. The van der Waals surface area contributed by atoms with Gasteiger partial charge in [0.2, 0.25) is 0 Å². The number of nitrogens with zero attached hydrogens (tertiary/aromatic N) is 1. The van der Waals surface area contributed by atoms with Crippen molar-refractivity contribution >= 4 is 16.3 Å². The molecule has 0 bridgehead atoms. The summed E-state index contributed by atoms with van der Waals surface area (Å²) in [6.07, 6.45) is -4.75. The van der Waals surface area contributed by atoms with Gasteiger partial charge in [0, 0.05) is 10.9 Å². The van der Waals surface area contributed by atoms with Gasteiger partial charge in [-0.1, -0.05) is 23.5 Å². The van der Waals surface area contributed by atoms with E-state index in [1.165, 1.54) is 24.3 Å². The molecule has 0 unspecified atom stereocenters. The molecule has 9 heteroatoms. The molecule has 5 nitrogen and oxygen atoms in total. The molecule has 1 aromatic carbocycles. The Morgan fingerprint density at radius 2 is 1.81 bits per heavy atom. The SMILES string of the molecule is N[C@@H](c1ccc(OC(F)(F)F)cc1)c1ccc([N+](=O)[O-])s1. The van der Waals surface area contributed by atoms with E-state index in [0.29, 0.717) is 10.4 Å². The van der Waals surface area contributed by atoms with Gasteiger partial charge in [-0.3, -0.25) is 10.1 Å². The third kappa shape index (κ3) is 3.92. The number of nitro groups is 1. The Hall–Kier alpha value is -2.13. The minimum atomic E-state index is -4.75. The summed E-state index contributed by atoms with van der Waals surface area (Å²) >= 11 is 0.923. The number of benzene rings is 1. The molecule has 0 amide bonds. The van der Waals surface area contributed by atoms with Crippen LogP contribution >= 0.6 is 11.3 Å². The van der Waals surface area contributed by atoms with Crippen LogP contribution in [-0.2, 0) is 0 Å². The minimum Gasteiger partial charge on any atom is -0.406 e. The Balaban J connectivity index is 2.15. The normalized spacial score (nSPS) is 13.0. The van der Waals surface area contributed by atoms with Crippen LogP contribution in [0.25, 0.3) is 0 Å². The standard InChI is InChI=1S/C12H9F3N2O3S/c13-12(14,15)20-8-3-1-7(2-4-8)11(16)9-5-6-10(21-9)17(18)19/h1-6,11H,16H2/t11-/m0/s1. The highest BCUT2D eigenvalue weighted by atomic mass is 32.1. The lowest BCUT2D eigenvalue weighted by Crippen LogP contribution is -2.17. The zero-order chi connectivity index (χ0) is 15.6. The maximum absolute atomic E-state index is 12.0. The van der Waals surface area contributed by atoms with Gasteiger partial charge >= 0.3 is 11.4 Å². The second-order valence-corrected chi connectivity index (χ2v) is 5.12. The van der Waals surface area contributed by atoms with Crippen molar-refractivity contribution in [3.05, 3.63) is 57.0 Å². The molecule has 2 aromatic rings. The van der Waals surface area contributed by atoms with Gasteiger partial charge in [-0.05, 0) is 23.8 Å². The molecular weight excluding hydrogens is 309 g/mol. The van der Waals surface area contributed by atoms with Crippen LogP contribution in [0.1, 0.15) is 16.5 Å². The van der Waals surface area contributed by atoms with E-state index < -0.39 is 17.3 Å². The lowest BCUT2D eigenvalue weighted by atomic mass is 10.1. The fourth-order valence-electron chi connectivity index (χ4n) is 1.65. The van der Waals surface area contributed by atoms with Crippen LogP contribution in [-0.4, -0.2) is 11.3 Å². The van der Waals surface area contributed by atoms with E-state index in [1.807, 2.05) is 0 Å². The Bertz CT molecular complexity index is 640. The summed E-state index contributed by atoms with van der Waals surface area (Å²) in [5, 5.41) is 10.6. The second kappa shape index (κ2) is 5.70. The lowest BCUT2D eigenvalue weighted by molar-refractivity contribution is -0.380. The summed E-state index contributed by atoms with van der Waals surface area (Å²) in [5.41, 5.74) is 6.46. The predicted octanol–water partition coefficient (Wildman–Crippen LogP) is 3.60. The summed E-state index contributed by atoms with van der Waals surface area (Å²) in [6, 6.07) is 7.27. The van der Waals surface area contributed by atoms with Crippen molar-refractivity contribution in [1.29, 1.82) is 0 Å². The molecule has 0 saturated heterocycles. The molecule has 2 N–H and O–H groups in total. The fourth-order valence-corrected chi connectivity index (χ4v) is 2.50. The molecule has 0 fully saturated rings. The summed E-state index contributed by atoms with van der Waals surface area (Å²) in [6.45, 7) is 0. The molecule has 1 atom stereocenters. The average Bonchev–Trinajstić information content (AvgIpc) is 2.86. The number of thiophene rings is 1. The topological polar surface area (TPSA) is 78.4 Å². The Kier molecular flexibility index (Phi) is 4.14. The van der Waals surface area contributed by atoms with Gasteiger partial charge in [-0.15, -0.1) is 13.2 Å². The van der Waals surface area contributed by atoms with E-state index >= 15 is 0 Å². The fraction of sp³-hybridized carbons (Fsp3) is 0.167. The highest BCUT2D eigenvalue weighted by molar-refractivity contribution is 7.15. The molecule has 1 heterocycles. The number of rotatable bonds is 4. The number of halogens is 3. The van der Waals surface area contributed by atoms with Crippen molar-refractivity contribution in [2.75, 3.05) is 0 Å². The van der Waals surface area contributed by atoms with Crippen molar-refractivity contribution < 1.29 is 22.8 Å². The number of hydrogen-bond donors (Lipinski definition) is 1. The van der Waals surface area contributed by atoms with Gasteiger partial charge in [0.05, 0.1) is 11.0 Å². The molecule has 0 aliphatic rings. The third-order valence-electron chi connectivity index (χ3n) is 2.57. The largest absolute Gasteiger partial charge is 0.573 e. The Labute approximate surface area is 120 Å². The first-order chi connectivity index (χ1) is 9.76. The van der Waals surface area contributed by atoms with Gasteiger partial charge in [-0.25, -0.2) is 0 Å². The predicted molar refractivity (Wildman–Crippen MR) is 70.1 cm³/mol. The van der Waals surface area contributed by atoms with Crippen molar-refractivity contribution in [1.82, 2.24) is 0 Å². The monoisotopic (exact) mass is 318 g/mol. The molecular formula is C12H9F3N2O3S. The maximum atomic E-state index is 12.0. The van der Waals surface area contributed by atoms with E-state index in [0.717, 1.165) is 23.5 Å². The van der Waals surface area contributed by atoms with Gasteiger partial charge in [0.25, 0.3) is 0 Å². The molecule has 0 aliphatic carbocycles. The van der Waals surface area contributed by atoms with Crippen LogP contribution in [0.5, 0.6) is 5.75 Å². The minimum absolute atomic E-state index is 0.0440. The Morgan fingerprint density at radius 3 is 2.29 bits per heavy atom. The van der Waals surface area contributed by atoms with Crippen LogP contribution in [0, 0.1) is 10.1 Å². The summed E-state index contributed by atoms with van der Waals surface area (Å²) in [5.74, 6) is -0.351. The van der Waals surface area contributed by atoms with Gasteiger partial charge < -0.3 is 10.5 Å². The molecule has 2 rings (SSSR count). The van der Waals surface area contributed by atoms with E-state index in [9.17, 15) is 23.3 Å². The lowest BCUT2D eigenvalue weighted by Gasteiger charge is -2.12. The number of ether oxygens (including phenoxy) is 1. The van der Waals surface area contributed by atoms with Crippen LogP contribution < -0.4 is 10.5 Å². The van der Waals surface area contributed by atoms with Crippen LogP contribution in [0.4, 0.5) is 18.2 Å². The first kappa shape index (κ1) is 15.3. The third-order valence-corrected chi connectivity index (χ3v) is 3.69. The molecule has 0 aliphatic heterocycles. The zero-order valence-electron chi connectivity index (χ0n) is 10.3. The number of alkyl halides is 3. The first-order valence-corrected chi connectivity index (χ1v) is 6.43. The Morgan fingerprint density at radius 1 is 1.19 bits per heavy atom. The van der Waals surface area contributed by atoms with E-state index in [4.69, 9.17) is 5.73 Å². The molecule has 0 radical (unpaired) electrons.